The zero-order valence-electron chi connectivity index (χ0n) is 36.6. The smallest absolute Gasteiger partial charge is 0.652 e. The van der Waals surface area contributed by atoms with E-state index in [0.29, 0.717) is 34.2 Å². The van der Waals surface area contributed by atoms with Crippen LogP contribution in [0.3, 0.4) is 0 Å². The van der Waals surface area contributed by atoms with E-state index in [1.54, 1.807) is 0 Å². The Hall–Kier alpha value is -5.39. The first-order valence-electron chi connectivity index (χ1n) is 19.9. The first-order valence-corrected chi connectivity index (χ1v) is 19.9. The molecule has 0 saturated heterocycles. The van der Waals surface area contributed by atoms with Crippen LogP contribution in [0.1, 0.15) is 105 Å². The number of hydrogen-bond acceptors (Lipinski definition) is 4. The van der Waals surface area contributed by atoms with Crippen LogP contribution in [0.5, 0.6) is 34.5 Å². The molecule has 0 aliphatic carbocycles. The van der Waals surface area contributed by atoms with Crippen molar-refractivity contribution in [3.8, 4) is 34.5 Å². The van der Waals surface area contributed by atoms with E-state index < -0.39 is 0 Å². The van der Waals surface area contributed by atoms with Gasteiger partial charge in [0.15, 0.2) is 0 Å². The second-order valence-electron chi connectivity index (χ2n) is 18.8. The topological polar surface area (TPSA) is 87.1 Å². The number of aromatic hydroxyl groups is 2. The molecule has 0 amide bonds. The quantitative estimate of drug-likeness (QED) is 0.150. The Kier molecular flexibility index (Phi) is 14.7. The third-order valence-electron chi connectivity index (χ3n) is 9.68. The largest absolute Gasteiger partial charge is 2.00 e. The molecule has 0 aliphatic rings. The van der Waals surface area contributed by atoms with Gasteiger partial charge in [-0.05, 0) is 80.3 Å². The summed E-state index contributed by atoms with van der Waals surface area (Å²) in [5.74, 6) is 3.24. The number of phenolic OH excluding ortho intramolecular Hbond substituents is 2. The molecular formula is C52H60N2NiO4. The average molecular weight is 836 g/mol. The number of para-hydroxylation sites is 6. The summed E-state index contributed by atoms with van der Waals surface area (Å²) in [6, 6.07) is 42.7. The van der Waals surface area contributed by atoms with Gasteiger partial charge in [-0.1, -0.05) is 203 Å². The van der Waals surface area contributed by atoms with Gasteiger partial charge in [0.1, 0.15) is 34.5 Å². The first-order chi connectivity index (χ1) is 27.1. The fraction of sp³-hybridized carbons (Fsp3) is 0.308. The maximum absolute atomic E-state index is 11.0. The van der Waals surface area contributed by atoms with E-state index >= 15 is 0 Å². The molecule has 312 valence electrons. The van der Waals surface area contributed by atoms with Crippen LogP contribution in [0.15, 0.2) is 133 Å². The van der Waals surface area contributed by atoms with Gasteiger partial charge in [-0.3, -0.25) is 0 Å². The van der Waals surface area contributed by atoms with Gasteiger partial charge < -0.3 is 30.3 Å². The van der Waals surface area contributed by atoms with Crippen molar-refractivity contribution in [2.24, 2.45) is 0 Å². The number of ether oxygens (including phenoxy) is 2. The molecule has 0 bridgehead atoms. The SMILES string of the molecule is CC(C)(C)c1cc([N-]c2ccccc2Oc2ccccc2)c(O)c(C(C)(C)C)c1.CC(C)(C)c1cc([N-]c2ccccc2Oc2ccccc2)c(O)c(C(C)(C)C)c1.[Ni+2]. The van der Waals surface area contributed by atoms with Crippen molar-refractivity contribution in [1.29, 1.82) is 0 Å². The molecule has 6 nitrogen and oxygen atoms in total. The second-order valence-corrected chi connectivity index (χ2v) is 18.8. The fourth-order valence-corrected chi connectivity index (χ4v) is 6.18. The van der Waals surface area contributed by atoms with Gasteiger partial charge in [-0.25, -0.2) is 0 Å². The average Bonchev–Trinajstić information content (AvgIpc) is 3.14. The molecule has 0 atom stereocenters. The first kappa shape index (κ1) is 46.3. The van der Waals surface area contributed by atoms with E-state index in [9.17, 15) is 10.2 Å². The molecule has 0 heterocycles. The predicted molar refractivity (Wildman–Crippen MR) is 242 cm³/mol. The summed E-state index contributed by atoms with van der Waals surface area (Å²) in [7, 11) is 0. The summed E-state index contributed by atoms with van der Waals surface area (Å²) in [5.41, 5.74) is 6.03. The molecule has 0 radical (unpaired) electrons. The van der Waals surface area contributed by atoms with E-state index in [-0.39, 0.29) is 49.7 Å². The number of benzene rings is 6. The molecule has 0 unspecified atom stereocenters. The molecule has 0 fully saturated rings. The minimum Gasteiger partial charge on any atom is -0.652 e. The number of rotatable bonds is 8. The Bertz CT molecular complexity index is 2130. The fourth-order valence-electron chi connectivity index (χ4n) is 6.18. The summed E-state index contributed by atoms with van der Waals surface area (Å²) in [5, 5.41) is 31.7. The maximum Gasteiger partial charge on any atom is 2.00 e. The zero-order chi connectivity index (χ0) is 42.5. The maximum atomic E-state index is 11.0. The van der Waals surface area contributed by atoms with Gasteiger partial charge >= 0.3 is 16.5 Å². The number of phenols is 2. The summed E-state index contributed by atoms with van der Waals surface area (Å²) in [6.45, 7) is 25.6. The minimum atomic E-state index is -0.199. The Morgan fingerprint density at radius 1 is 0.373 bits per heavy atom. The van der Waals surface area contributed by atoms with Crippen molar-refractivity contribution in [3.05, 3.63) is 166 Å². The third kappa shape index (κ3) is 12.3. The standard InChI is InChI=1S/2C26H30NO2.Ni/c2*1-25(2,3)18-16-20(26(4,5)6)24(28)22(17-18)27-21-14-10-11-15-23(21)29-19-12-8-7-9-13-19;/h2*7-17,28H,1-6H3;/q2*-1;+2. The van der Waals surface area contributed by atoms with E-state index in [1.165, 1.54) is 0 Å². The number of nitrogens with zero attached hydrogens (tertiary/aromatic N) is 2. The van der Waals surface area contributed by atoms with Crippen molar-refractivity contribution in [2.45, 2.75) is 105 Å². The molecule has 0 aliphatic heterocycles. The molecule has 6 aromatic carbocycles. The molecule has 59 heavy (non-hydrogen) atoms. The Labute approximate surface area is 363 Å². The van der Waals surface area contributed by atoms with E-state index in [0.717, 1.165) is 33.8 Å². The van der Waals surface area contributed by atoms with Crippen LogP contribution < -0.4 is 9.47 Å². The minimum absolute atomic E-state index is 0. The second kappa shape index (κ2) is 18.7. The summed E-state index contributed by atoms with van der Waals surface area (Å²) < 4.78 is 12.1. The molecule has 6 aromatic rings. The molecule has 0 saturated carbocycles. The number of hydrogen-bond donors (Lipinski definition) is 2. The molecule has 6 rings (SSSR count). The Morgan fingerprint density at radius 3 is 0.983 bits per heavy atom. The predicted octanol–water partition coefficient (Wildman–Crippen LogP) is 16.2. The summed E-state index contributed by atoms with van der Waals surface area (Å²) in [4.78, 5) is 0. The van der Waals surface area contributed by atoms with Gasteiger partial charge in [0.25, 0.3) is 0 Å². The van der Waals surface area contributed by atoms with Crippen molar-refractivity contribution in [3.63, 3.8) is 0 Å². The van der Waals surface area contributed by atoms with Crippen molar-refractivity contribution >= 4 is 22.7 Å². The Morgan fingerprint density at radius 2 is 0.678 bits per heavy atom. The van der Waals surface area contributed by atoms with Gasteiger partial charge in [-0.2, -0.15) is 0 Å². The van der Waals surface area contributed by atoms with Gasteiger partial charge in [0, 0.05) is 0 Å². The van der Waals surface area contributed by atoms with Crippen LogP contribution in [0.4, 0.5) is 22.7 Å². The van der Waals surface area contributed by atoms with Crippen molar-refractivity contribution in [1.82, 2.24) is 0 Å². The van der Waals surface area contributed by atoms with Crippen LogP contribution >= 0.6 is 0 Å². The summed E-state index contributed by atoms with van der Waals surface area (Å²) >= 11 is 0. The van der Waals surface area contributed by atoms with Crippen LogP contribution in [0.2, 0.25) is 0 Å². The molecule has 7 heteroatoms. The van der Waals surface area contributed by atoms with Crippen LogP contribution in [0.25, 0.3) is 10.6 Å². The molecule has 0 aromatic heterocycles. The van der Waals surface area contributed by atoms with Crippen LogP contribution in [-0.4, -0.2) is 10.2 Å². The monoisotopic (exact) mass is 834 g/mol. The van der Waals surface area contributed by atoms with Gasteiger partial charge in [0.2, 0.25) is 0 Å². The zero-order valence-corrected chi connectivity index (χ0v) is 37.6. The molecule has 2 N–H and O–H groups in total. The van der Waals surface area contributed by atoms with Crippen LogP contribution in [-0.2, 0) is 38.2 Å². The molecular weight excluding hydrogens is 775 g/mol. The van der Waals surface area contributed by atoms with Gasteiger partial charge in [-0.15, -0.1) is 0 Å². The van der Waals surface area contributed by atoms with Gasteiger partial charge in [0.05, 0.1) is 0 Å². The van der Waals surface area contributed by atoms with E-state index in [4.69, 9.17) is 20.1 Å². The Balaban J connectivity index is 0.000000256. The molecule has 0 spiro atoms. The third-order valence-corrected chi connectivity index (χ3v) is 9.68. The summed E-state index contributed by atoms with van der Waals surface area (Å²) in [6.07, 6.45) is 0. The van der Waals surface area contributed by atoms with E-state index in [1.807, 2.05) is 121 Å². The van der Waals surface area contributed by atoms with Crippen molar-refractivity contribution in [2.75, 3.05) is 0 Å². The van der Waals surface area contributed by atoms with Crippen molar-refractivity contribution < 1.29 is 36.2 Å². The van der Waals surface area contributed by atoms with E-state index in [2.05, 4.69) is 95.2 Å². The normalized spacial score (nSPS) is 11.7. The van der Waals surface area contributed by atoms with Crippen LogP contribution in [0, 0.1) is 0 Å².